The molecule has 0 fully saturated rings. The third-order valence-electron chi connectivity index (χ3n) is 3.82. The first-order valence-corrected chi connectivity index (χ1v) is 9.90. The van der Waals surface area contributed by atoms with Gasteiger partial charge in [0.05, 0.1) is 12.6 Å². The maximum Gasteiger partial charge on any atom is 0.407 e. The number of carbonyl (C=O) groups is 2. The lowest BCUT2D eigenvalue weighted by Crippen LogP contribution is -2.41. The third kappa shape index (κ3) is 12.3. The molecule has 0 saturated carbocycles. The molecule has 0 radical (unpaired) electrons. The number of carbonyl (C=O) groups excluding carboxylic acids is 2. The molecule has 7 heteroatoms. The van der Waals surface area contributed by atoms with Crippen molar-refractivity contribution in [1.82, 2.24) is 10.6 Å². The highest BCUT2D eigenvalue weighted by atomic mass is 16.6. The fourth-order valence-corrected chi connectivity index (χ4v) is 2.41. The monoisotopic (exact) mass is 393 g/mol. The number of unbranched alkanes of at least 4 members (excludes halogenated alkanes) is 1. The van der Waals surface area contributed by atoms with Gasteiger partial charge in [0.15, 0.2) is 0 Å². The van der Waals surface area contributed by atoms with Gasteiger partial charge in [-0.05, 0) is 52.0 Å². The summed E-state index contributed by atoms with van der Waals surface area (Å²) in [5.41, 5.74) is 6.54. The van der Waals surface area contributed by atoms with Gasteiger partial charge >= 0.3 is 6.09 Å². The van der Waals surface area contributed by atoms with Gasteiger partial charge in [-0.1, -0.05) is 30.3 Å². The van der Waals surface area contributed by atoms with Crippen molar-refractivity contribution < 1.29 is 19.1 Å². The van der Waals surface area contributed by atoms with Crippen LogP contribution >= 0.6 is 0 Å². The molecular weight excluding hydrogens is 358 g/mol. The molecular formula is C21H35N3O4. The van der Waals surface area contributed by atoms with Crippen molar-refractivity contribution in [2.75, 3.05) is 19.7 Å². The van der Waals surface area contributed by atoms with Crippen molar-refractivity contribution in [1.29, 1.82) is 0 Å². The molecule has 158 valence electrons. The Labute approximate surface area is 168 Å². The van der Waals surface area contributed by atoms with E-state index in [0.717, 1.165) is 24.8 Å². The average molecular weight is 394 g/mol. The molecule has 28 heavy (non-hydrogen) atoms. The predicted octanol–water partition coefficient (Wildman–Crippen LogP) is 2.73. The van der Waals surface area contributed by atoms with E-state index in [4.69, 9.17) is 15.2 Å². The summed E-state index contributed by atoms with van der Waals surface area (Å²) in [6, 6.07) is 9.43. The number of ether oxygens (including phenoxy) is 2. The van der Waals surface area contributed by atoms with Crippen LogP contribution in [0.25, 0.3) is 0 Å². The first kappa shape index (κ1) is 23.9. The largest absolute Gasteiger partial charge is 0.444 e. The Morgan fingerprint density at radius 1 is 1.04 bits per heavy atom. The number of hydrogen-bond acceptors (Lipinski definition) is 5. The molecule has 1 aromatic rings. The number of nitrogens with one attached hydrogen (secondary N) is 2. The van der Waals surface area contributed by atoms with Gasteiger partial charge in [-0.2, -0.15) is 0 Å². The standard InChI is InChI=1S/C21H35N3O4/c1-21(2,3)28-20(26)24-13-8-7-12-18(22)19(25)23-14-9-15-27-16-17-10-5-4-6-11-17/h4-6,10-11,18H,7-9,12-16,22H2,1-3H3,(H,23,25)(H,24,26)/t18-/m0/s1. The van der Waals surface area contributed by atoms with E-state index in [1.54, 1.807) is 0 Å². The molecule has 4 N–H and O–H groups in total. The average Bonchev–Trinajstić information content (AvgIpc) is 2.63. The third-order valence-corrected chi connectivity index (χ3v) is 3.82. The Hall–Kier alpha value is -2.12. The van der Waals surface area contributed by atoms with Gasteiger partial charge < -0.3 is 25.8 Å². The van der Waals surface area contributed by atoms with Gasteiger partial charge in [0.1, 0.15) is 5.60 Å². The lowest BCUT2D eigenvalue weighted by molar-refractivity contribution is -0.122. The van der Waals surface area contributed by atoms with E-state index >= 15 is 0 Å². The van der Waals surface area contributed by atoms with Crippen molar-refractivity contribution in [2.45, 2.75) is 64.7 Å². The summed E-state index contributed by atoms with van der Waals surface area (Å²) >= 11 is 0. The summed E-state index contributed by atoms with van der Waals surface area (Å²) in [7, 11) is 0. The second kappa shape index (κ2) is 13.1. The number of nitrogens with two attached hydrogens (primary N) is 1. The summed E-state index contributed by atoms with van der Waals surface area (Å²) in [6.07, 6.45) is 2.39. The highest BCUT2D eigenvalue weighted by Crippen LogP contribution is 2.06. The molecule has 0 heterocycles. The van der Waals surface area contributed by atoms with Gasteiger partial charge in [0, 0.05) is 19.7 Å². The van der Waals surface area contributed by atoms with Crippen LogP contribution in [0.1, 0.15) is 52.0 Å². The molecule has 0 aliphatic rings. The van der Waals surface area contributed by atoms with Crippen LogP contribution in [0.4, 0.5) is 4.79 Å². The number of hydrogen-bond donors (Lipinski definition) is 3. The molecule has 1 aromatic carbocycles. The Balaban J connectivity index is 1.99. The van der Waals surface area contributed by atoms with E-state index in [-0.39, 0.29) is 5.91 Å². The first-order valence-electron chi connectivity index (χ1n) is 9.90. The minimum absolute atomic E-state index is 0.150. The van der Waals surface area contributed by atoms with Crippen molar-refractivity contribution in [3.05, 3.63) is 35.9 Å². The van der Waals surface area contributed by atoms with Crippen LogP contribution in [0.15, 0.2) is 30.3 Å². The smallest absolute Gasteiger partial charge is 0.407 e. The molecule has 1 atom stereocenters. The second-order valence-corrected chi connectivity index (χ2v) is 7.71. The summed E-state index contributed by atoms with van der Waals surface area (Å²) in [6.45, 7) is 7.66. The van der Waals surface area contributed by atoms with Crippen LogP contribution in [0, 0.1) is 0 Å². The van der Waals surface area contributed by atoms with Gasteiger partial charge in [-0.25, -0.2) is 4.79 Å². The van der Waals surface area contributed by atoms with Crippen LogP contribution in [0.2, 0.25) is 0 Å². The lowest BCUT2D eigenvalue weighted by atomic mass is 10.1. The Kier molecular flexibility index (Phi) is 11.2. The minimum atomic E-state index is -0.535. The maximum atomic E-state index is 12.0. The molecule has 0 aromatic heterocycles. The molecule has 0 aliphatic heterocycles. The molecule has 0 bridgehead atoms. The Morgan fingerprint density at radius 2 is 1.71 bits per heavy atom. The zero-order valence-electron chi connectivity index (χ0n) is 17.3. The van der Waals surface area contributed by atoms with Crippen LogP contribution < -0.4 is 16.4 Å². The minimum Gasteiger partial charge on any atom is -0.444 e. The highest BCUT2D eigenvalue weighted by molar-refractivity contribution is 5.81. The highest BCUT2D eigenvalue weighted by Gasteiger charge is 2.16. The number of rotatable bonds is 12. The summed E-state index contributed by atoms with van der Waals surface area (Å²) in [5, 5.41) is 5.52. The van der Waals surface area contributed by atoms with E-state index in [1.807, 2.05) is 51.1 Å². The van der Waals surface area contributed by atoms with Gasteiger partial charge in [-0.3, -0.25) is 4.79 Å². The molecule has 0 saturated heterocycles. The second-order valence-electron chi connectivity index (χ2n) is 7.71. The van der Waals surface area contributed by atoms with E-state index in [2.05, 4.69) is 10.6 Å². The zero-order valence-corrected chi connectivity index (χ0v) is 17.3. The Bertz CT molecular complexity index is 573. The normalized spacial score (nSPS) is 12.3. The van der Waals surface area contributed by atoms with Crippen molar-refractivity contribution in [3.8, 4) is 0 Å². The van der Waals surface area contributed by atoms with E-state index in [9.17, 15) is 9.59 Å². The fraction of sp³-hybridized carbons (Fsp3) is 0.619. The summed E-state index contributed by atoms with van der Waals surface area (Å²) < 4.78 is 10.7. The molecule has 0 unspecified atom stereocenters. The van der Waals surface area contributed by atoms with Gasteiger partial charge in [0.25, 0.3) is 0 Å². The number of benzene rings is 1. The number of amides is 2. The van der Waals surface area contributed by atoms with Crippen molar-refractivity contribution in [2.24, 2.45) is 5.73 Å². The SMILES string of the molecule is CC(C)(C)OC(=O)NCCCC[C@H](N)C(=O)NCCCOCc1ccccc1. The van der Waals surface area contributed by atoms with Crippen LogP contribution in [-0.2, 0) is 20.9 Å². The lowest BCUT2D eigenvalue weighted by Gasteiger charge is -2.19. The maximum absolute atomic E-state index is 12.0. The summed E-state index contributed by atoms with van der Waals surface area (Å²) in [4.78, 5) is 23.5. The van der Waals surface area contributed by atoms with Gasteiger partial charge in [-0.15, -0.1) is 0 Å². The zero-order chi connectivity index (χ0) is 20.8. The van der Waals surface area contributed by atoms with Crippen molar-refractivity contribution >= 4 is 12.0 Å². The molecule has 2 amide bonds. The molecule has 7 nitrogen and oxygen atoms in total. The quantitative estimate of drug-likeness (QED) is 0.474. The van der Waals surface area contributed by atoms with Crippen LogP contribution in [-0.4, -0.2) is 43.3 Å². The number of alkyl carbamates (subject to hydrolysis) is 1. The van der Waals surface area contributed by atoms with E-state index in [1.165, 1.54) is 0 Å². The van der Waals surface area contributed by atoms with E-state index < -0.39 is 17.7 Å². The van der Waals surface area contributed by atoms with Crippen molar-refractivity contribution in [3.63, 3.8) is 0 Å². The van der Waals surface area contributed by atoms with E-state index in [0.29, 0.717) is 32.7 Å². The molecule has 1 rings (SSSR count). The molecule has 0 spiro atoms. The Morgan fingerprint density at radius 3 is 2.39 bits per heavy atom. The first-order chi connectivity index (χ1) is 13.3. The predicted molar refractivity (Wildman–Crippen MR) is 110 cm³/mol. The van der Waals surface area contributed by atoms with Crippen LogP contribution in [0.3, 0.4) is 0 Å². The molecule has 0 aliphatic carbocycles. The summed E-state index contributed by atoms with van der Waals surface area (Å²) in [5.74, 6) is -0.150. The fourth-order valence-electron chi connectivity index (χ4n) is 2.41. The topological polar surface area (TPSA) is 103 Å². The van der Waals surface area contributed by atoms with Crippen LogP contribution in [0.5, 0.6) is 0 Å². The van der Waals surface area contributed by atoms with Gasteiger partial charge in [0.2, 0.25) is 5.91 Å².